The van der Waals surface area contributed by atoms with Crippen LogP contribution >= 0.6 is 0 Å². The van der Waals surface area contributed by atoms with Crippen LogP contribution in [0.2, 0.25) is 0 Å². The van der Waals surface area contributed by atoms with E-state index in [0.29, 0.717) is 5.69 Å². The Bertz CT molecular complexity index is 380. The molecule has 1 aromatic heterocycles. The van der Waals surface area contributed by atoms with Gasteiger partial charge >= 0.3 is 6.36 Å². The Balaban J connectivity index is 3.19. The Kier molecular flexibility index (Phi) is 3.58. The minimum atomic E-state index is -4.77. The van der Waals surface area contributed by atoms with E-state index < -0.39 is 12.1 Å². The number of nitrogens with two attached hydrogens (primary N) is 1. The van der Waals surface area contributed by atoms with Crippen molar-refractivity contribution in [1.29, 1.82) is 0 Å². The predicted molar refractivity (Wildman–Crippen MR) is 50.1 cm³/mol. The Morgan fingerprint density at radius 1 is 1.44 bits per heavy atom. The van der Waals surface area contributed by atoms with Crippen molar-refractivity contribution < 1.29 is 22.6 Å². The van der Waals surface area contributed by atoms with Crippen LogP contribution in [-0.2, 0) is 6.54 Å². The van der Waals surface area contributed by atoms with Crippen molar-refractivity contribution in [2.24, 2.45) is 5.73 Å². The van der Waals surface area contributed by atoms with Crippen LogP contribution in [0.15, 0.2) is 6.20 Å². The van der Waals surface area contributed by atoms with Crippen LogP contribution in [-0.4, -0.2) is 18.5 Å². The highest BCUT2D eigenvalue weighted by Crippen LogP contribution is 2.32. The van der Waals surface area contributed by atoms with Crippen molar-refractivity contribution in [1.82, 2.24) is 4.98 Å². The fourth-order valence-corrected chi connectivity index (χ4v) is 1.30. The highest BCUT2D eigenvalue weighted by Gasteiger charge is 2.33. The maximum absolute atomic E-state index is 12.1. The minimum absolute atomic E-state index is 0.127. The third-order valence-electron chi connectivity index (χ3n) is 1.91. The summed E-state index contributed by atoms with van der Waals surface area (Å²) in [7, 11) is 1.33. The lowest BCUT2D eigenvalue weighted by atomic mass is 10.2. The first kappa shape index (κ1) is 12.6. The molecule has 0 unspecified atom stereocenters. The molecule has 0 saturated heterocycles. The topological polar surface area (TPSA) is 57.4 Å². The average molecular weight is 236 g/mol. The number of nitrogens with zero attached hydrogens (tertiary/aromatic N) is 1. The van der Waals surface area contributed by atoms with E-state index in [1.807, 2.05) is 0 Å². The average Bonchev–Trinajstić information content (AvgIpc) is 2.18. The van der Waals surface area contributed by atoms with E-state index in [1.54, 1.807) is 6.92 Å². The number of rotatable bonds is 3. The first-order chi connectivity index (χ1) is 7.39. The van der Waals surface area contributed by atoms with Gasteiger partial charge in [-0.3, -0.25) is 4.98 Å². The predicted octanol–water partition coefficient (Wildman–Crippen LogP) is 1.76. The lowest BCUT2D eigenvalue weighted by molar-refractivity contribution is -0.275. The van der Waals surface area contributed by atoms with Gasteiger partial charge in [-0.15, -0.1) is 13.2 Å². The van der Waals surface area contributed by atoms with Gasteiger partial charge < -0.3 is 15.2 Å². The van der Waals surface area contributed by atoms with E-state index in [1.165, 1.54) is 7.11 Å². The zero-order valence-corrected chi connectivity index (χ0v) is 8.76. The van der Waals surface area contributed by atoms with Crippen molar-refractivity contribution in [2.45, 2.75) is 19.8 Å². The standard InChI is InChI=1S/C9H11F3N2O2/c1-5-8(15-2)6(3-13)7(4-14-5)16-9(10,11)12/h4H,3,13H2,1-2H3. The fourth-order valence-electron chi connectivity index (χ4n) is 1.30. The molecule has 0 radical (unpaired) electrons. The lowest BCUT2D eigenvalue weighted by Crippen LogP contribution is -2.19. The first-order valence-corrected chi connectivity index (χ1v) is 4.37. The molecule has 1 heterocycles. The molecule has 0 spiro atoms. The van der Waals surface area contributed by atoms with Gasteiger partial charge in [0.15, 0.2) is 5.75 Å². The van der Waals surface area contributed by atoms with Gasteiger partial charge in [-0.2, -0.15) is 0 Å². The molecule has 7 heteroatoms. The van der Waals surface area contributed by atoms with Crippen molar-refractivity contribution in [2.75, 3.05) is 7.11 Å². The highest BCUT2D eigenvalue weighted by atomic mass is 19.4. The number of halogens is 3. The third-order valence-corrected chi connectivity index (χ3v) is 1.91. The second-order valence-corrected chi connectivity index (χ2v) is 2.97. The van der Waals surface area contributed by atoms with E-state index in [4.69, 9.17) is 10.5 Å². The normalized spacial score (nSPS) is 11.4. The van der Waals surface area contributed by atoms with Crippen LogP contribution in [0.1, 0.15) is 11.3 Å². The van der Waals surface area contributed by atoms with Gasteiger partial charge in [-0.25, -0.2) is 0 Å². The zero-order valence-electron chi connectivity index (χ0n) is 8.76. The van der Waals surface area contributed by atoms with Crippen molar-refractivity contribution in [3.63, 3.8) is 0 Å². The molecule has 0 aliphatic carbocycles. The van der Waals surface area contributed by atoms with Crippen molar-refractivity contribution in [3.05, 3.63) is 17.5 Å². The molecule has 2 N–H and O–H groups in total. The first-order valence-electron chi connectivity index (χ1n) is 4.37. The molecule has 0 amide bonds. The monoisotopic (exact) mass is 236 g/mol. The van der Waals surface area contributed by atoms with E-state index in [-0.39, 0.29) is 17.9 Å². The maximum atomic E-state index is 12.1. The van der Waals surface area contributed by atoms with Gasteiger partial charge in [0.2, 0.25) is 0 Å². The third kappa shape index (κ3) is 2.75. The number of hydrogen-bond donors (Lipinski definition) is 1. The molecule has 0 bridgehead atoms. The van der Waals surface area contributed by atoms with E-state index >= 15 is 0 Å². The summed E-state index contributed by atoms with van der Waals surface area (Å²) in [5.41, 5.74) is 5.96. The lowest BCUT2D eigenvalue weighted by Gasteiger charge is -2.15. The number of aromatic nitrogens is 1. The SMILES string of the molecule is COc1c(C)ncc(OC(F)(F)F)c1CN. The molecule has 0 fully saturated rings. The Morgan fingerprint density at radius 2 is 2.06 bits per heavy atom. The number of methoxy groups -OCH3 is 1. The molecule has 1 aromatic rings. The largest absolute Gasteiger partial charge is 0.573 e. The number of hydrogen-bond acceptors (Lipinski definition) is 4. The van der Waals surface area contributed by atoms with Gasteiger partial charge in [-0.1, -0.05) is 0 Å². The molecule has 16 heavy (non-hydrogen) atoms. The quantitative estimate of drug-likeness (QED) is 0.868. The number of aryl methyl sites for hydroxylation is 1. The number of pyridine rings is 1. The second kappa shape index (κ2) is 4.56. The van der Waals surface area contributed by atoms with Crippen LogP contribution in [0.4, 0.5) is 13.2 Å². The van der Waals surface area contributed by atoms with Crippen molar-refractivity contribution in [3.8, 4) is 11.5 Å². The Morgan fingerprint density at radius 3 is 2.50 bits per heavy atom. The Hall–Kier alpha value is -1.50. The molecule has 0 aliphatic heterocycles. The summed E-state index contributed by atoms with van der Waals surface area (Å²) in [6, 6.07) is 0. The smallest absolute Gasteiger partial charge is 0.494 e. The molecule has 1 rings (SSSR count). The fraction of sp³-hybridized carbons (Fsp3) is 0.444. The molecule has 4 nitrogen and oxygen atoms in total. The number of alkyl halides is 3. The molecule has 90 valence electrons. The summed E-state index contributed by atoms with van der Waals surface area (Å²) in [6.45, 7) is 1.48. The van der Waals surface area contributed by atoms with E-state index in [9.17, 15) is 13.2 Å². The van der Waals surface area contributed by atoms with E-state index in [2.05, 4.69) is 9.72 Å². The summed E-state index contributed by atoms with van der Waals surface area (Å²) in [5.74, 6) is -0.221. The van der Waals surface area contributed by atoms with Crippen LogP contribution in [0.25, 0.3) is 0 Å². The van der Waals surface area contributed by atoms with Crippen LogP contribution in [0, 0.1) is 6.92 Å². The second-order valence-electron chi connectivity index (χ2n) is 2.97. The molecule has 0 saturated carbocycles. The molecular weight excluding hydrogens is 225 g/mol. The molecule has 0 atom stereocenters. The summed E-state index contributed by atoms with van der Waals surface area (Å²) in [4.78, 5) is 3.74. The van der Waals surface area contributed by atoms with E-state index in [0.717, 1.165) is 6.20 Å². The van der Waals surface area contributed by atoms with Crippen LogP contribution in [0.5, 0.6) is 11.5 Å². The van der Waals surface area contributed by atoms with Crippen LogP contribution < -0.4 is 15.2 Å². The molecular formula is C9H11F3N2O2. The summed E-state index contributed by atoms with van der Waals surface area (Å²) in [6.07, 6.45) is -3.79. The highest BCUT2D eigenvalue weighted by molar-refractivity contribution is 5.45. The summed E-state index contributed by atoms with van der Waals surface area (Å²) < 4.78 is 44.9. The van der Waals surface area contributed by atoms with Crippen LogP contribution in [0.3, 0.4) is 0 Å². The van der Waals surface area contributed by atoms with Crippen molar-refractivity contribution >= 4 is 0 Å². The number of ether oxygens (including phenoxy) is 2. The maximum Gasteiger partial charge on any atom is 0.573 e. The van der Waals surface area contributed by atoms with Gasteiger partial charge in [0.1, 0.15) is 5.75 Å². The van der Waals surface area contributed by atoms with Gasteiger partial charge in [0.05, 0.1) is 24.6 Å². The summed E-state index contributed by atoms with van der Waals surface area (Å²) in [5, 5.41) is 0. The Labute approximate surface area is 90.2 Å². The minimum Gasteiger partial charge on any atom is -0.494 e. The summed E-state index contributed by atoms with van der Waals surface area (Å²) >= 11 is 0. The van der Waals surface area contributed by atoms with Gasteiger partial charge in [-0.05, 0) is 6.92 Å². The molecule has 0 aromatic carbocycles. The van der Waals surface area contributed by atoms with Gasteiger partial charge in [0, 0.05) is 6.54 Å². The zero-order chi connectivity index (χ0) is 12.3. The molecule has 0 aliphatic rings. The van der Waals surface area contributed by atoms with Gasteiger partial charge in [0.25, 0.3) is 0 Å².